The predicted molar refractivity (Wildman–Crippen MR) is 100.0 cm³/mol. The third kappa shape index (κ3) is 5.73. The van der Waals surface area contributed by atoms with Gasteiger partial charge in [0.25, 0.3) is 0 Å². The van der Waals surface area contributed by atoms with Crippen LogP contribution in [-0.4, -0.2) is 12.1 Å². The van der Waals surface area contributed by atoms with E-state index in [1.807, 2.05) is 43.3 Å². The lowest BCUT2D eigenvalue weighted by atomic mass is 10.1. The van der Waals surface area contributed by atoms with Gasteiger partial charge >= 0.3 is 0 Å². The van der Waals surface area contributed by atoms with Crippen LogP contribution in [0.4, 0.5) is 0 Å². The number of para-hydroxylation sites is 1. The summed E-state index contributed by atoms with van der Waals surface area (Å²) in [5.74, 6) is 1.57. The molecule has 0 amide bonds. The Bertz CT molecular complexity index is 648. The molecule has 0 aromatic heterocycles. The van der Waals surface area contributed by atoms with Crippen molar-refractivity contribution in [2.24, 2.45) is 0 Å². The number of hydrogen-bond donors (Lipinski definition) is 1. The van der Waals surface area contributed by atoms with E-state index in [0.717, 1.165) is 34.2 Å². The van der Waals surface area contributed by atoms with Crippen molar-refractivity contribution in [3.05, 3.63) is 58.6 Å². The Balaban J connectivity index is 2.18. The molecule has 0 aliphatic carbocycles. The average molecular weight is 348 g/mol. The molecule has 2 rings (SSSR count). The van der Waals surface area contributed by atoms with Crippen LogP contribution in [0.5, 0.6) is 11.5 Å². The highest BCUT2D eigenvalue weighted by Gasteiger charge is 2.14. The van der Waals surface area contributed by atoms with Gasteiger partial charge in [0.1, 0.15) is 6.61 Å². The van der Waals surface area contributed by atoms with Crippen molar-refractivity contribution >= 4 is 11.6 Å². The van der Waals surface area contributed by atoms with Gasteiger partial charge in [-0.25, -0.2) is 0 Å². The molecule has 0 saturated carbocycles. The van der Waals surface area contributed by atoms with Crippen LogP contribution in [0, 0.1) is 0 Å². The first-order valence-corrected chi connectivity index (χ1v) is 8.64. The monoisotopic (exact) mass is 347 g/mol. The van der Waals surface area contributed by atoms with E-state index in [1.165, 1.54) is 0 Å². The molecule has 0 fully saturated rings. The average Bonchev–Trinajstić information content (AvgIpc) is 2.53. The van der Waals surface area contributed by atoms with Crippen LogP contribution in [-0.2, 0) is 13.2 Å². The van der Waals surface area contributed by atoms with Crippen molar-refractivity contribution < 1.29 is 9.47 Å². The molecule has 0 aliphatic heterocycles. The Kier molecular flexibility index (Phi) is 6.52. The van der Waals surface area contributed by atoms with Crippen molar-refractivity contribution in [1.29, 1.82) is 0 Å². The Labute approximate surface area is 149 Å². The highest BCUT2D eigenvalue weighted by Crippen LogP contribution is 2.32. The fourth-order valence-electron chi connectivity index (χ4n) is 2.23. The molecule has 0 unspecified atom stereocenters. The van der Waals surface area contributed by atoms with Gasteiger partial charge in [-0.2, -0.15) is 0 Å². The largest absolute Gasteiger partial charge is 0.490 e. The van der Waals surface area contributed by atoms with Gasteiger partial charge in [-0.05, 0) is 51.5 Å². The molecular weight excluding hydrogens is 322 g/mol. The molecular formula is C20H26ClNO2. The van der Waals surface area contributed by atoms with E-state index in [1.54, 1.807) is 0 Å². The van der Waals surface area contributed by atoms with Crippen LogP contribution in [0.2, 0.25) is 5.02 Å². The summed E-state index contributed by atoms with van der Waals surface area (Å²) >= 11 is 5.94. The van der Waals surface area contributed by atoms with E-state index in [2.05, 4.69) is 32.2 Å². The van der Waals surface area contributed by atoms with Gasteiger partial charge in [-0.1, -0.05) is 35.9 Å². The molecule has 4 heteroatoms. The normalized spacial score (nSPS) is 11.4. The van der Waals surface area contributed by atoms with Crippen molar-refractivity contribution in [1.82, 2.24) is 5.32 Å². The zero-order valence-corrected chi connectivity index (χ0v) is 15.6. The fraction of sp³-hybridized carbons (Fsp3) is 0.400. The van der Waals surface area contributed by atoms with Crippen molar-refractivity contribution in [3.63, 3.8) is 0 Å². The van der Waals surface area contributed by atoms with Crippen molar-refractivity contribution in [2.75, 3.05) is 6.61 Å². The molecule has 130 valence electrons. The highest BCUT2D eigenvalue weighted by atomic mass is 35.5. The minimum atomic E-state index is 0.0368. The molecule has 0 spiro atoms. The summed E-state index contributed by atoms with van der Waals surface area (Å²) in [5.41, 5.74) is 2.19. The standard InChI is InChI=1S/C20H26ClNO2/c1-5-23-18-8-6-7-16(13-22-20(2,3)4)19(18)24-14-15-9-11-17(21)12-10-15/h6-12,22H,5,13-14H2,1-4H3. The summed E-state index contributed by atoms with van der Waals surface area (Å²) in [7, 11) is 0. The molecule has 24 heavy (non-hydrogen) atoms. The third-order valence-corrected chi connectivity index (χ3v) is 3.72. The first kappa shape index (κ1) is 18.6. The van der Waals surface area contributed by atoms with Gasteiger partial charge in [0.2, 0.25) is 0 Å². The van der Waals surface area contributed by atoms with Crippen LogP contribution in [0.1, 0.15) is 38.8 Å². The molecule has 3 nitrogen and oxygen atoms in total. The van der Waals surface area contributed by atoms with Crippen LogP contribution in [0.25, 0.3) is 0 Å². The van der Waals surface area contributed by atoms with Crippen molar-refractivity contribution in [2.45, 2.75) is 46.4 Å². The molecule has 0 aliphatic rings. The molecule has 2 aromatic carbocycles. The molecule has 0 atom stereocenters. The van der Waals surface area contributed by atoms with Gasteiger partial charge < -0.3 is 14.8 Å². The van der Waals surface area contributed by atoms with Gasteiger partial charge in [0.15, 0.2) is 11.5 Å². The first-order valence-electron chi connectivity index (χ1n) is 8.26. The van der Waals surface area contributed by atoms with Crippen molar-refractivity contribution in [3.8, 4) is 11.5 Å². The first-order chi connectivity index (χ1) is 11.4. The minimum absolute atomic E-state index is 0.0368. The highest BCUT2D eigenvalue weighted by molar-refractivity contribution is 6.30. The zero-order chi connectivity index (χ0) is 17.6. The van der Waals surface area contributed by atoms with Crippen LogP contribution in [0.15, 0.2) is 42.5 Å². The molecule has 0 radical (unpaired) electrons. The summed E-state index contributed by atoms with van der Waals surface area (Å²) in [5, 5.41) is 4.23. The second-order valence-corrected chi connectivity index (χ2v) is 7.13. The Hall–Kier alpha value is -1.71. The summed E-state index contributed by atoms with van der Waals surface area (Å²) in [6.07, 6.45) is 0. The number of nitrogens with one attached hydrogen (secondary N) is 1. The van der Waals surface area contributed by atoms with E-state index < -0.39 is 0 Å². The summed E-state index contributed by atoms with van der Waals surface area (Å²) in [6.45, 7) is 10.2. The maximum atomic E-state index is 6.10. The second kappa shape index (κ2) is 8.41. The SMILES string of the molecule is CCOc1cccc(CNC(C)(C)C)c1OCc1ccc(Cl)cc1. The van der Waals surface area contributed by atoms with Gasteiger partial charge in [-0.3, -0.25) is 0 Å². The summed E-state index contributed by atoms with van der Waals surface area (Å²) in [4.78, 5) is 0. The number of benzene rings is 2. The number of hydrogen-bond acceptors (Lipinski definition) is 3. The zero-order valence-electron chi connectivity index (χ0n) is 14.9. The molecule has 0 heterocycles. The van der Waals surface area contributed by atoms with Gasteiger partial charge in [0.05, 0.1) is 6.61 Å². The Morgan fingerprint density at radius 1 is 1.00 bits per heavy atom. The molecule has 0 bridgehead atoms. The maximum Gasteiger partial charge on any atom is 0.166 e. The lowest BCUT2D eigenvalue weighted by Crippen LogP contribution is -2.35. The maximum absolute atomic E-state index is 6.10. The quantitative estimate of drug-likeness (QED) is 0.746. The predicted octanol–water partition coefficient (Wildman–Crippen LogP) is 5.21. The van der Waals surface area contributed by atoms with E-state index in [9.17, 15) is 0 Å². The van der Waals surface area contributed by atoms with E-state index >= 15 is 0 Å². The van der Waals surface area contributed by atoms with Gasteiger partial charge in [-0.15, -0.1) is 0 Å². The minimum Gasteiger partial charge on any atom is -0.490 e. The Morgan fingerprint density at radius 3 is 2.33 bits per heavy atom. The summed E-state index contributed by atoms with van der Waals surface area (Å²) in [6, 6.07) is 13.7. The number of halogens is 1. The van der Waals surface area contributed by atoms with E-state index in [-0.39, 0.29) is 5.54 Å². The van der Waals surface area contributed by atoms with E-state index in [4.69, 9.17) is 21.1 Å². The molecule has 2 aromatic rings. The smallest absolute Gasteiger partial charge is 0.166 e. The fourth-order valence-corrected chi connectivity index (χ4v) is 2.36. The topological polar surface area (TPSA) is 30.5 Å². The molecule has 1 N–H and O–H groups in total. The second-order valence-electron chi connectivity index (χ2n) is 6.70. The van der Waals surface area contributed by atoms with E-state index in [0.29, 0.717) is 13.2 Å². The van der Waals surface area contributed by atoms with Crippen LogP contribution in [0.3, 0.4) is 0 Å². The lowest BCUT2D eigenvalue weighted by Gasteiger charge is -2.22. The lowest BCUT2D eigenvalue weighted by molar-refractivity contribution is 0.265. The number of ether oxygens (including phenoxy) is 2. The molecule has 0 saturated heterocycles. The summed E-state index contributed by atoms with van der Waals surface area (Å²) < 4.78 is 11.8. The van der Waals surface area contributed by atoms with Crippen LogP contribution < -0.4 is 14.8 Å². The third-order valence-electron chi connectivity index (χ3n) is 3.47. The Morgan fingerprint density at radius 2 is 1.71 bits per heavy atom. The van der Waals surface area contributed by atoms with Gasteiger partial charge in [0, 0.05) is 22.7 Å². The van der Waals surface area contributed by atoms with Crippen LogP contribution >= 0.6 is 11.6 Å². The number of rotatable bonds is 7.